The molecule has 0 bridgehead atoms. The molecule has 0 spiro atoms. The molecular formula is C26H34N8O6. The highest BCUT2D eigenvalue weighted by atomic mass is 16.4. The van der Waals surface area contributed by atoms with Gasteiger partial charge in [-0.1, -0.05) is 32.0 Å². The van der Waals surface area contributed by atoms with Gasteiger partial charge in [-0.05, 0) is 17.5 Å². The molecule has 0 saturated heterocycles. The van der Waals surface area contributed by atoms with E-state index < -0.39 is 66.1 Å². The molecule has 14 heteroatoms. The molecule has 0 aliphatic rings. The molecule has 3 aromatic rings. The first kappa shape index (κ1) is 29.8. The van der Waals surface area contributed by atoms with Crippen molar-refractivity contribution in [3.05, 3.63) is 54.2 Å². The Morgan fingerprint density at radius 2 is 1.60 bits per heavy atom. The molecular weight excluding hydrogens is 520 g/mol. The summed E-state index contributed by atoms with van der Waals surface area (Å²) in [4.78, 5) is 72.4. The number of carbonyl (C=O) groups is 5. The number of nitrogens with two attached hydrogens (primary N) is 2. The lowest BCUT2D eigenvalue weighted by molar-refractivity contribution is -0.143. The van der Waals surface area contributed by atoms with Gasteiger partial charge >= 0.3 is 5.97 Å². The Bertz CT molecular complexity index is 1350. The summed E-state index contributed by atoms with van der Waals surface area (Å²) in [6.07, 6.45) is 4.14. The molecule has 4 unspecified atom stereocenters. The van der Waals surface area contributed by atoms with E-state index in [0.29, 0.717) is 11.3 Å². The Hall–Kier alpha value is -4.72. The number of fused-ring (bicyclic) bond motifs is 1. The molecule has 0 aliphatic heterocycles. The van der Waals surface area contributed by atoms with Crippen molar-refractivity contribution in [1.29, 1.82) is 0 Å². The van der Waals surface area contributed by atoms with Crippen LogP contribution in [0.5, 0.6) is 0 Å². The summed E-state index contributed by atoms with van der Waals surface area (Å²) in [5.74, 6) is -4.66. The predicted octanol–water partition coefficient (Wildman–Crippen LogP) is -0.926. The first-order valence-corrected chi connectivity index (χ1v) is 12.7. The molecule has 40 heavy (non-hydrogen) atoms. The van der Waals surface area contributed by atoms with Gasteiger partial charge in [0.2, 0.25) is 23.6 Å². The third kappa shape index (κ3) is 7.89. The SMILES string of the molecule is CC(C)C(NC(=O)C(Cc1cnc[nH]1)NC(=O)C(Cc1c[nH]c2ccccc12)NC(=O)C(N)CC(N)=O)C(=O)O. The molecule has 2 heterocycles. The zero-order valence-electron chi connectivity index (χ0n) is 22.1. The number of nitrogens with zero attached hydrogens (tertiary/aromatic N) is 1. The minimum absolute atomic E-state index is 0.0209. The lowest BCUT2D eigenvalue weighted by Crippen LogP contribution is -2.58. The molecule has 0 radical (unpaired) electrons. The molecule has 0 fully saturated rings. The van der Waals surface area contributed by atoms with Gasteiger partial charge in [-0.25, -0.2) is 9.78 Å². The van der Waals surface area contributed by atoms with E-state index in [2.05, 4.69) is 30.9 Å². The summed E-state index contributed by atoms with van der Waals surface area (Å²) in [6.45, 7) is 3.28. The number of imidazole rings is 1. The normalized spacial score (nSPS) is 14.2. The van der Waals surface area contributed by atoms with Crippen LogP contribution in [0.3, 0.4) is 0 Å². The van der Waals surface area contributed by atoms with Gasteiger partial charge in [0.05, 0.1) is 18.8 Å². The predicted molar refractivity (Wildman–Crippen MR) is 144 cm³/mol. The number of carboxylic acid groups (broad SMARTS) is 1. The average Bonchev–Trinajstić information content (AvgIpc) is 3.55. The van der Waals surface area contributed by atoms with Gasteiger partial charge in [-0.3, -0.25) is 19.2 Å². The van der Waals surface area contributed by atoms with E-state index >= 15 is 0 Å². The van der Waals surface area contributed by atoms with Gasteiger partial charge in [0.1, 0.15) is 18.1 Å². The maximum absolute atomic E-state index is 13.6. The van der Waals surface area contributed by atoms with Gasteiger partial charge < -0.3 is 42.5 Å². The molecule has 0 saturated carbocycles. The highest BCUT2D eigenvalue weighted by molar-refractivity contribution is 5.95. The summed E-state index contributed by atoms with van der Waals surface area (Å²) in [5, 5.41) is 18.0. The Kier molecular flexibility index (Phi) is 9.97. The Morgan fingerprint density at radius 3 is 2.23 bits per heavy atom. The molecule has 214 valence electrons. The van der Waals surface area contributed by atoms with Crippen LogP contribution >= 0.6 is 0 Å². The van der Waals surface area contributed by atoms with Crippen LogP contribution in [0.1, 0.15) is 31.5 Å². The number of carboxylic acids is 1. The molecule has 0 aliphatic carbocycles. The number of aliphatic carboxylic acids is 1. The van der Waals surface area contributed by atoms with Gasteiger partial charge in [-0.2, -0.15) is 0 Å². The zero-order valence-corrected chi connectivity index (χ0v) is 22.1. The topological polar surface area (TPSA) is 238 Å². The smallest absolute Gasteiger partial charge is 0.326 e. The van der Waals surface area contributed by atoms with Gasteiger partial charge in [0, 0.05) is 41.8 Å². The summed E-state index contributed by atoms with van der Waals surface area (Å²) >= 11 is 0. The third-order valence-corrected chi connectivity index (χ3v) is 6.33. The molecule has 3 rings (SSSR count). The number of aromatic amines is 2. The third-order valence-electron chi connectivity index (χ3n) is 6.33. The van der Waals surface area contributed by atoms with Crippen molar-refractivity contribution in [3.8, 4) is 0 Å². The quantitative estimate of drug-likeness (QED) is 0.124. The first-order chi connectivity index (χ1) is 19.0. The standard InChI is InChI=1S/C26H34N8O6/c1-13(2)22(26(39)40)34-25(38)20(8-15-11-29-12-31-15)33-24(37)19(32-23(36)17(27)9-21(28)35)7-14-10-30-18-6-4-3-5-16(14)18/h3-6,10-13,17,19-20,22,30H,7-9,27H2,1-2H3,(H2,28,35)(H,29,31)(H,32,36)(H,33,37)(H,34,38)(H,39,40). The molecule has 10 N–H and O–H groups in total. The summed E-state index contributed by atoms with van der Waals surface area (Å²) in [5.41, 5.74) is 13.0. The monoisotopic (exact) mass is 554 g/mol. The second-order valence-corrected chi connectivity index (χ2v) is 9.81. The number of rotatable bonds is 14. The van der Waals surface area contributed by atoms with Crippen molar-refractivity contribution in [2.75, 3.05) is 0 Å². The van der Waals surface area contributed by atoms with Crippen molar-refractivity contribution in [2.24, 2.45) is 17.4 Å². The Morgan fingerprint density at radius 1 is 0.950 bits per heavy atom. The van der Waals surface area contributed by atoms with Gasteiger partial charge in [0.15, 0.2) is 0 Å². The Balaban J connectivity index is 1.88. The van der Waals surface area contributed by atoms with E-state index in [1.165, 1.54) is 12.5 Å². The second kappa shape index (κ2) is 13.4. The van der Waals surface area contributed by atoms with E-state index in [-0.39, 0.29) is 12.8 Å². The fourth-order valence-electron chi connectivity index (χ4n) is 4.18. The van der Waals surface area contributed by atoms with Crippen LogP contribution in [0.15, 0.2) is 43.0 Å². The van der Waals surface area contributed by atoms with Crippen molar-refractivity contribution < 1.29 is 29.1 Å². The van der Waals surface area contributed by atoms with Crippen LogP contribution in [0.4, 0.5) is 0 Å². The number of H-pyrrole nitrogens is 2. The number of benzene rings is 1. The number of hydrogen-bond donors (Lipinski definition) is 8. The summed E-state index contributed by atoms with van der Waals surface area (Å²) in [7, 11) is 0. The fraction of sp³-hybridized carbons (Fsp3) is 0.385. The van der Waals surface area contributed by atoms with E-state index in [9.17, 15) is 29.1 Å². The average molecular weight is 555 g/mol. The number of amides is 4. The van der Waals surface area contributed by atoms with E-state index in [1.807, 2.05) is 24.3 Å². The minimum atomic E-state index is -1.29. The van der Waals surface area contributed by atoms with Gasteiger partial charge in [0.25, 0.3) is 0 Å². The number of para-hydroxylation sites is 1. The molecule has 4 atom stereocenters. The van der Waals surface area contributed by atoms with Crippen molar-refractivity contribution in [1.82, 2.24) is 30.9 Å². The number of primary amides is 1. The maximum atomic E-state index is 13.6. The van der Waals surface area contributed by atoms with E-state index in [1.54, 1.807) is 20.0 Å². The van der Waals surface area contributed by atoms with Crippen LogP contribution in [-0.4, -0.2) is 73.8 Å². The molecule has 2 aromatic heterocycles. The number of nitrogens with one attached hydrogen (secondary N) is 5. The van der Waals surface area contributed by atoms with Crippen LogP contribution < -0.4 is 27.4 Å². The van der Waals surface area contributed by atoms with Crippen molar-refractivity contribution in [3.63, 3.8) is 0 Å². The number of aromatic nitrogens is 3. The number of hydrogen-bond acceptors (Lipinski definition) is 7. The van der Waals surface area contributed by atoms with Crippen LogP contribution in [0.2, 0.25) is 0 Å². The largest absolute Gasteiger partial charge is 0.480 e. The minimum Gasteiger partial charge on any atom is -0.480 e. The van der Waals surface area contributed by atoms with Gasteiger partial charge in [-0.15, -0.1) is 0 Å². The van der Waals surface area contributed by atoms with Crippen LogP contribution in [-0.2, 0) is 36.8 Å². The fourth-order valence-corrected chi connectivity index (χ4v) is 4.18. The number of carbonyl (C=O) groups excluding carboxylic acids is 4. The first-order valence-electron chi connectivity index (χ1n) is 12.7. The van der Waals surface area contributed by atoms with Crippen LogP contribution in [0.25, 0.3) is 10.9 Å². The van der Waals surface area contributed by atoms with Crippen molar-refractivity contribution >= 4 is 40.5 Å². The molecule has 14 nitrogen and oxygen atoms in total. The molecule has 1 aromatic carbocycles. The lowest BCUT2D eigenvalue weighted by Gasteiger charge is -2.26. The highest BCUT2D eigenvalue weighted by Crippen LogP contribution is 2.19. The van der Waals surface area contributed by atoms with E-state index in [0.717, 1.165) is 10.9 Å². The summed E-state index contributed by atoms with van der Waals surface area (Å²) < 4.78 is 0. The Labute approximate surface area is 229 Å². The molecule has 4 amide bonds. The summed E-state index contributed by atoms with van der Waals surface area (Å²) in [6, 6.07) is 2.48. The lowest BCUT2D eigenvalue weighted by atomic mass is 10.0. The van der Waals surface area contributed by atoms with Crippen LogP contribution in [0, 0.1) is 5.92 Å². The van der Waals surface area contributed by atoms with E-state index in [4.69, 9.17) is 11.5 Å². The second-order valence-electron chi connectivity index (χ2n) is 9.81. The maximum Gasteiger partial charge on any atom is 0.326 e. The van der Waals surface area contributed by atoms with Crippen molar-refractivity contribution in [2.45, 2.75) is 57.3 Å². The highest BCUT2D eigenvalue weighted by Gasteiger charge is 2.32. The zero-order chi connectivity index (χ0) is 29.4.